The van der Waals surface area contributed by atoms with Crippen LogP contribution in [0.1, 0.15) is 33.8 Å². The molecule has 0 saturated carbocycles. The number of thiophene rings is 1. The summed E-state index contributed by atoms with van der Waals surface area (Å²) in [5.74, 6) is -1.95. The first-order valence-corrected chi connectivity index (χ1v) is 16.2. The van der Waals surface area contributed by atoms with Gasteiger partial charge in [-0.1, -0.05) is 41.9 Å². The highest BCUT2D eigenvalue weighted by atomic mass is 35.5. The van der Waals surface area contributed by atoms with Gasteiger partial charge < -0.3 is 27.2 Å². The average molecular weight is 661 g/mol. The molecule has 0 radical (unpaired) electrons. The van der Waals surface area contributed by atoms with Crippen LogP contribution in [0.4, 0.5) is 11.4 Å². The molecule has 2 aromatic heterocycles. The van der Waals surface area contributed by atoms with Gasteiger partial charge in [0.05, 0.1) is 22.8 Å². The largest absolute Gasteiger partial charge is 0.480 e. The number of anilines is 2. The molecule has 0 aliphatic carbocycles. The third-order valence-corrected chi connectivity index (χ3v) is 9.25. The van der Waals surface area contributed by atoms with Gasteiger partial charge in [0.2, 0.25) is 0 Å². The molecular weight excluding hydrogens is 628 g/mol. The lowest BCUT2D eigenvalue weighted by Crippen LogP contribution is -2.46. The monoisotopic (exact) mass is 660 g/mol. The molecule has 2 heterocycles. The van der Waals surface area contributed by atoms with Crippen LogP contribution >= 0.6 is 22.9 Å². The van der Waals surface area contributed by atoms with Crippen molar-refractivity contribution in [2.24, 2.45) is 11.5 Å². The maximum absolute atomic E-state index is 13.5. The number of halogens is 1. The summed E-state index contributed by atoms with van der Waals surface area (Å²) in [7, 11) is -4.19. The maximum Gasteiger partial charge on any atom is 0.326 e. The Kier molecular flexibility index (Phi) is 11.0. The molecule has 0 aliphatic rings. The Morgan fingerprint density at radius 2 is 1.77 bits per heavy atom. The topological polar surface area (TPSA) is 206 Å². The summed E-state index contributed by atoms with van der Waals surface area (Å²) in [5, 5.41) is 24.4. The summed E-state index contributed by atoms with van der Waals surface area (Å²) >= 11 is 7.63. The second-order valence-electron chi connectivity index (χ2n) is 9.71. The van der Waals surface area contributed by atoms with Crippen LogP contribution in [0, 0.1) is 6.92 Å². The van der Waals surface area contributed by atoms with Crippen molar-refractivity contribution in [1.29, 1.82) is 0 Å². The van der Waals surface area contributed by atoms with Gasteiger partial charge in [0, 0.05) is 12.1 Å². The van der Waals surface area contributed by atoms with Crippen LogP contribution < -0.4 is 32.1 Å². The molecule has 0 saturated heterocycles. The zero-order valence-corrected chi connectivity index (χ0v) is 26.0. The number of nitrogens with one attached hydrogen (secondary N) is 4. The highest BCUT2D eigenvalue weighted by Gasteiger charge is 2.26. The van der Waals surface area contributed by atoms with Gasteiger partial charge in [-0.2, -0.15) is 5.10 Å². The van der Waals surface area contributed by atoms with E-state index in [1.54, 1.807) is 22.9 Å². The first-order valence-electron chi connectivity index (χ1n) is 13.5. The lowest BCUT2D eigenvalue weighted by Gasteiger charge is -2.16. The van der Waals surface area contributed by atoms with Crippen LogP contribution in [0.3, 0.4) is 0 Å². The number of hydrogen-bond acceptors (Lipinski definition) is 10. The Bertz CT molecular complexity index is 1710. The van der Waals surface area contributed by atoms with E-state index in [1.165, 1.54) is 17.5 Å². The number of aromatic nitrogens is 2. The number of benzene rings is 2. The number of carboxylic acids is 1. The normalized spacial score (nSPS) is 12.2. The molecule has 0 fully saturated rings. The van der Waals surface area contributed by atoms with Gasteiger partial charge in [-0.15, -0.1) is 11.3 Å². The van der Waals surface area contributed by atoms with Crippen molar-refractivity contribution in [3.8, 4) is 5.69 Å². The van der Waals surface area contributed by atoms with Crippen molar-refractivity contribution in [3.63, 3.8) is 0 Å². The number of sulfonamides is 1. The fraction of sp³-hybridized carbons (Fsp3) is 0.250. The van der Waals surface area contributed by atoms with E-state index in [0.717, 1.165) is 17.0 Å². The molecule has 0 aliphatic heterocycles. The molecule has 4 rings (SSSR count). The van der Waals surface area contributed by atoms with Crippen molar-refractivity contribution in [3.05, 3.63) is 87.3 Å². The molecule has 16 heteroatoms. The fourth-order valence-corrected chi connectivity index (χ4v) is 6.74. The highest BCUT2D eigenvalue weighted by molar-refractivity contribution is 7.93. The molecule has 0 bridgehead atoms. The van der Waals surface area contributed by atoms with E-state index < -0.39 is 34.2 Å². The van der Waals surface area contributed by atoms with Gasteiger partial charge in [-0.25, -0.2) is 17.9 Å². The fourth-order valence-electron chi connectivity index (χ4n) is 4.32. The van der Waals surface area contributed by atoms with Gasteiger partial charge in [0.25, 0.3) is 15.9 Å². The van der Waals surface area contributed by atoms with Crippen molar-refractivity contribution in [1.82, 2.24) is 20.4 Å². The Hall–Kier alpha value is -3.99. The Morgan fingerprint density at radius 1 is 1.07 bits per heavy atom. The molecule has 1 amide bonds. The number of aryl methyl sites for hydroxylation is 1. The van der Waals surface area contributed by atoms with E-state index in [-0.39, 0.29) is 28.4 Å². The summed E-state index contributed by atoms with van der Waals surface area (Å²) < 4.78 is 31.2. The quantitative estimate of drug-likeness (QED) is 0.0732. The Labute approximate surface area is 263 Å². The number of nitrogens with two attached hydrogens (primary N) is 2. The molecule has 1 atom stereocenters. The van der Waals surface area contributed by atoms with Crippen LogP contribution in [0.5, 0.6) is 0 Å². The number of hydrogen-bond donors (Lipinski definition) is 7. The van der Waals surface area contributed by atoms with Crippen molar-refractivity contribution >= 4 is 56.2 Å². The van der Waals surface area contributed by atoms with Gasteiger partial charge in [0.15, 0.2) is 0 Å². The lowest BCUT2D eigenvalue weighted by atomic mass is 10.1. The number of amides is 1. The number of carboxylic acid groups (broad SMARTS) is 1. The standard InChI is InChI=1S/C28H33ClN8O5S2/c1-17-19(25(29)37(35-17)18-8-3-2-4-9-18)16-33-20-10-5-6-12-23(20)44(41,42)36-21-13-15-43-24(21)26(38)34-22(27(39)40)11-7-14-32-28(30)31/h2-6,8-10,12-13,15,22,28,32-33,36H,7,11,14,16,30-31H2,1H3,(H,34,38)(H,39,40)/t22-/m0/s1. The molecule has 0 spiro atoms. The van der Waals surface area contributed by atoms with Gasteiger partial charge in [-0.3, -0.25) is 14.8 Å². The first-order chi connectivity index (χ1) is 21.0. The molecule has 234 valence electrons. The predicted molar refractivity (Wildman–Crippen MR) is 170 cm³/mol. The van der Waals surface area contributed by atoms with E-state index in [4.69, 9.17) is 23.1 Å². The Morgan fingerprint density at radius 3 is 2.48 bits per heavy atom. The summed E-state index contributed by atoms with van der Waals surface area (Å²) in [5.41, 5.74) is 13.3. The number of nitrogens with zero attached hydrogens (tertiary/aromatic N) is 2. The summed E-state index contributed by atoms with van der Waals surface area (Å²) in [6.07, 6.45) is -0.247. The zero-order valence-electron chi connectivity index (χ0n) is 23.7. The molecular formula is C28H33ClN8O5S2. The summed E-state index contributed by atoms with van der Waals surface area (Å²) in [6, 6.07) is 16.0. The van der Waals surface area contributed by atoms with Crippen molar-refractivity contribution in [2.45, 2.75) is 43.5 Å². The first kappa shape index (κ1) is 32.9. The van der Waals surface area contributed by atoms with Crippen LogP contribution in [0.2, 0.25) is 5.15 Å². The van der Waals surface area contributed by atoms with Gasteiger partial charge in [0.1, 0.15) is 27.3 Å². The SMILES string of the molecule is Cc1nn(-c2ccccc2)c(Cl)c1CNc1ccccc1S(=O)(=O)Nc1ccsc1C(=O)N[C@@H](CCCNC(N)N)C(=O)O. The van der Waals surface area contributed by atoms with Gasteiger partial charge in [-0.05, 0) is 62.0 Å². The Balaban J connectivity index is 1.48. The minimum atomic E-state index is -4.19. The lowest BCUT2D eigenvalue weighted by molar-refractivity contribution is -0.139. The number of aliphatic carboxylic acids is 1. The average Bonchev–Trinajstić information content (AvgIpc) is 3.56. The predicted octanol–water partition coefficient (Wildman–Crippen LogP) is 3.06. The number of carbonyl (C=O) groups excluding carboxylic acids is 1. The third kappa shape index (κ3) is 8.13. The third-order valence-electron chi connectivity index (χ3n) is 6.52. The van der Waals surface area contributed by atoms with E-state index in [1.807, 2.05) is 37.3 Å². The zero-order chi connectivity index (χ0) is 31.9. The van der Waals surface area contributed by atoms with Crippen LogP contribution in [-0.4, -0.2) is 54.1 Å². The molecule has 44 heavy (non-hydrogen) atoms. The summed E-state index contributed by atoms with van der Waals surface area (Å²) in [6.45, 7) is 2.37. The van der Waals surface area contributed by atoms with Crippen molar-refractivity contribution in [2.75, 3.05) is 16.6 Å². The van der Waals surface area contributed by atoms with E-state index in [9.17, 15) is 23.1 Å². The van der Waals surface area contributed by atoms with Crippen molar-refractivity contribution < 1.29 is 23.1 Å². The smallest absolute Gasteiger partial charge is 0.326 e. The highest BCUT2D eigenvalue weighted by Crippen LogP contribution is 2.30. The van der Waals surface area contributed by atoms with E-state index >= 15 is 0 Å². The second kappa shape index (κ2) is 14.7. The number of carbonyl (C=O) groups is 2. The maximum atomic E-state index is 13.5. The second-order valence-corrected chi connectivity index (χ2v) is 12.6. The minimum Gasteiger partial charge on any atom is -0.480 e. The van der Waals surface area contributed by atoms with E-state index in [2.05, 4.69) is 25.8 Å². The molecule has 13 nitrogen and oxygen atoms in total. The number of para-hydroxylation sites is 2. The minimum absolute atomic E-state index is 0.0168. The number of rotatable bonds is 15. The molecule has 4 aromatic rings. The summed E-state index contributed by atoms with van der Waals surface area (Å²) in [4.78, 5) is 24.7. The van der Waals surface area contributed by atoms with Crippen LogP contribution in [-0.2, 0) is 21.4 Å². The van der Waals surface area contributed by atoms with Gasteiger partial charge >= 0.3 is 5.97 Å². The van der Waals surface area contributed by atoms with Crippen LogP contribution in [0.25, 0.3) is 5.69 Å². The molecule has 2 aromatic carbocycles. The molecule has 0 unspecified atom stereocenters. The van der Waals surface area contributed by atoms with E-state index in [0.29, 0.717) is 35.1 Å². The van der Waals surface area contributed by atoms with Crippen LogP contribution in [0.15, 0.2) is 70.9 Å². The molecule has 9 N–H and O–H groups in total.